The molecule has 2 nitrogen and oxygen atoms in total. The molecular weight excluding hydrogens is 280 g/mol. The quantitative estimate of drug-likeness (QED) is 0.777. The van der Waals surface area contributed by atoms with Gasteiger partial charge in [0.25, 0.3) is 0 Å². The number of Topliss-reactive ketones (excluding diaryl/α,β-unsaturated/α-hetero) is 1. The fourth-order valence-electron chi connectivity index (χ4n) is 1.74. The van der Waals surface area contributed by atoms with Crippen molar-refractivity contribution in [3.8, 4) is 5.75 Å². The lowest BCUT2D eigenvalue weighted by molar-refractivity contribution is -0.121. The molecule has 1 aromatic rings. The summed E-state index contributed by atoms with van der Waals surface area (Å²) in [5.74, 6) is 1.20. The predicted octanol–water partition coefficient (Wildman–Crippen LogP) is 3.53. The summed E-state index contributed by atoms with van der Waals surface area (Å²) in [5.41, 5.74) is 2.25. The fourth-order valence-corrected chi connectivity index (χ4v) is 2.64. The number of rotatable bonds is 5. The van der Waals surface area contributed by atoms with E-state index >= 15 is 0 Å². The van der Waals surface area contributed by atoms with Crippen LogP contribution >= 0.6 is 15.9 Å². The second kappa shape index (κ2) is 6.20. The SMILES string of the molecule is COc1ccc(CC(Br)C(=O)C(C)C)cc1C. The largest absolute Gasteiger partial charge is 0.496 e. The Morgan fingerprint density at radius 3 is 2.53 bits per heavy atom. The molecule has 1 rings (SSSR count). The smallest absolute Gasteiger partial charge is 0.149 e. The molecule has 1 aromatic carbocycles. The third kappa shape index (κ3) is 3.84. The Hall–Kier alpha value is -0.830. The Morgan fingerprint density at radius 1 is 1.41 bits per heavy atom. The number of ketones is 1. The number of ether oxygens (including phenoxy) is 1. The molecule has 94 valence electrons. The van der Waals surface area contributed by atoms with Crippen LogP contribution in [0.1, 0.15) is 25.0 Å². The van der Waals surface area contributed by atoms with Gasteiger partial charge in [0.2, 0.25) is 0 Å². The molecule has 0 aromatic heterocycles. The first kappa shape index (κ1) is 14.2. The molecule has 0 amide bonds. The van der Waals surface area contributed by atoms with Gasteiger partial charge in [-0.15, -0.1) is 0 Å². The third-order valence-corrected chi connectivity index (χ3v) is 3.53. The Balaban J connectivity index is 2.75. The van der Waals surface area contributed by atoms with E-state index in [0.29, 0.717) is 0 Å². The number of aryl methyl sites for hydroxylation is 1. The summed E-state index contributed by atoms with van der Waals surface area (Å²) in [6.45, 7) is 5.86. The van der Waals surface area contributed by atoms with E-state index in [9.17, 15) is 4.79 Å². The normalized spacial score (nSPS) is 12.6. The maximum atomic E-state index is 11.8. The van der Waals surface area contributed by atoms with E-state index in [0.717, 1.165) is 23.3 Å². The van der Waals surface area contributed by atoms with Crippen LogP contribution in [0.5, 0.6) is 5.75 Å². The zero-order chi connectivity index (χ0) is 13.0. The first-order chi connectivity index (χ1) is 7.95. The van der Waals surface area contributed by atoms with Gasteiger partial charge in [-0.1, -0.05) is 41.9 Å². The zero-order valence-electron chi connectivity index (χ0n) is 10.8. The number of hydrogen-bond donors (Lipinski definition) is 0. The van der Waals surface area contributed by atoms with Crippen LogP contribution in [0, 0.1) is 12.8 Å². The van der Waals surface area contributed by atoms with E-state index in [1.165, 1.54) is 0 Å². The minimum atomic E-state index is -0.102. The molecule has 0 saturated carbocycles. The van der Waals surface area contributed by atoms with Crippen molar-refractivity contribution in [1.82, 2.24) is 0 Å². The summed E-state index contributed by atoms with van der Waals surface area (Å²) >= 11 is 3.46. The number of hydrogen-bond acceptors (Lipinski definition) is 2. The summed E-state index contributed by atoms with van der Waals surface area (Å²) < 4.78 is 5.21. The number of benzene rings is 1. The molecular formula is C14H19BrO2. The van der Waals surface area contributed by atoms with E-state index in [2.05, 4.69) is 22.0 Å². The lowest BCUT2D eigenvalue weighted by Gasteiger charge is -2.13. The van der Waals surface area contributed by atoms with Crippen LogP contribution < -0.4 is 4.74 Å². The third-order valence-electron chi connectivity index (χ3n) is 2.75. The van der Waals surface area contributed by atoms with Crippen LogP contribution in [-0.4, -0.2) is 17.7 Å². The molecule has 0 saturated heterocycles. The van der Waals surface area contributed by atoms with Gasteiger partial charge in [-0.3, -0.25) is 4.79 Å². The van der Waals surface area contributed by atoms with Crippen molar-refractivity contribution in [2.24, 2.45) is 5.92 Å². The molecule has 17 heavy (non-hydrogen) atoms. The maximum absolute atomic E-state index is 11.8. The van der Waals surface area contributed by atoms with Crippen LogP contribution in [0.2, 0.25) is 0 Å². The van der Waals surface area contributed by atoms with E-state index in [1.54, 1.807) is 7.11 Å². The molecule has 0 aliphatic carbocycles. The monoisotopic (exact) mass is 298 g/mol. The zero-order valence-corrected chi connectivity index (χ0v) is 12.4. The lowest BCUT2D eigenvalue weighted by atomic mass is 10.00. The highest BCUT2D eigenvalue weighted by Gasteiger charge is 2.18. The van der Waals surface area contributed by atoms with E-state index in [-0.39, 0.29) is 16.5 Å². The molecule has 0 bridgehead atoms. The van der Waals surface area contributed by atoms with Gasteiger partial charge in [-0.2, -0.15) is 0 Å². The van der Waals surface area contributed by atoms with Crippen molar-refractivity contribution in [3.63, 3.8) is 0 Å². The van der Waals surface area contributed by atoms with Gasteiger partial charge in [0.15, 0.2) is 0 Å². The van der Waals surface area contributed by atoms with Gasteiger partial charge in [-0.05, 0) is 30.5 Å². The molecule has 1 unspecified atom stereocenters. The first-order valence-corrected chi connectivity index (χ1v) is 6.68. The summed E-state index contributed by atoms with van der Waals surface area (Å²) in [5, 5.41) is 0. The highest BCUT2D eigenvalue weighted by Crippen LogP contribution is 2.21. The number of alkyl halides is 1. The van der Waals surface area contributed by atoms with Crippen LogP contribution in [0.15, 0.2) is 18.2 Å². The molecule has 0 spiro atoms. The fraction of sp³-hybridized carbons (Fsp3) is 0.500. The van der Waals surface area contributed by atoms with E-state index in [1.807, 2.05) is 32.9 Å². The van der Waals surface area contributed by atoms with Gasteiger partial charge < -0.3 is 4.74 Å². The lowest BCUT2D eigenvalue weighted by Crippen LogP contribution is -2.21. The molecule has 0 aliphatic rings. The van der Waals surface area contributed by atoms with Gasteiger partial charge in [0, 0.05) is 5.92 Å². The molecule has 0 radical (unpaired) electrons. The van der Waals surface area contributed by atoms with Crippen molar-refractivity contribution in [2.75, 3.05) is 7.11 Å². The minimum absolute atomic E-state index is 0.0683. The predicted molar refractivity (Wildman–Crippen MR) is 74.0 cm³/mol. The highest BCUT2D eigenvalue weighted by molar-refractivity contribution is 9.10. The molecule has 1 atom stereocenters. The topological polar surface area (TPSA) is 26.3 Å². The second-order valence-electron chi connectivity index (χ2n) is 4.53. The van der Waals surface area contributed by atoms with Gasteiger partial charge in [-0.25, -0.2) is 0 Å². The number of halogens is 1. The average molecular weight is 299 g/mol. The number of carbonyl (C=O) groups is 1. The van der Waals surface area contributed by atoms with Crippen molar-refractivity contribution in [2.45, 2.75) is 32.0 Å². The number of carbonyl (C=O) groups excluding carboxylic acids is 1. The minimum Gasteiger partial charge on any atom is -0.496 e. The van der Waals surface area contributed by atoms with E-state index < -0.39 is 0 Å². The molecule has 0 fully saturated rings. The van der Waals surface area contributed by atoms with Gasteiger partial charge in [0.1, 0.15) is 11.5 Å². The molecule has 3 heteroatoms. The standard InChI is InChI=1S/C14H19BrO2/c1-9(2)14(16)12(15)8-11-5-6-13(17-4)10(3)7-11/h5-7,9,12H,8H2,1-4H3. The summed E-state index contributed by atoms with van der Waals surface area (Å²) in [7, 11) is 1.66. The molecule has 0 N–H and O–H groups in total. The summed E-state index contributed by atoms with van der Waals surface area (Å²) in [6.07, 6.45) is 0.724. The Morgan fingerprint density at radius 2 is 2.06 bits per heavy atom. The average Bonchev–Trinajstić information content (AvgIpc) is 2.28. The van der Waals surface area contributed by atoms with Crippen molar-refractivity contribution in [1.29, 1.82) is 0 Å². The first-order valence-electron chi connectivity index (χ1n) is 5.77. The summed E-state index contributed by atoms with van der Waals surface area (Å²) in [4.78, 5) is 11.7. The van der Waals surface area contributed by atoms with Crippen LogP contribution in [0.3, 0.4) is 0 Å². The Bertz CT molecular complexity index is 399. The summed E-state index contributed by atoms with van der Waals surface area (Å²) in [6, 6.07) is 6.03. The van der Waals surface area contributed by atoms with Crippen LogP contribution in [-0.2, 0) is 11.2 Å². The number of methoxy groups -OCH3 is 1. The van der Waals surface area contributed by atoms with Gasteiger partial charge in [0.05, 0.1) is 11.9 Å². The van der Waals surface area contributed by atoms with Crippen molar-refractivity contribution < 1.29 is 9.53 Å². The highest BCUT2D eigenvalue weighted by atomic mass is 79.9. The maximum Gasteiger partial charge on any atom is 0.149 e. The molecule has 0 aliphatic heterocycles. The molecule has 0 heterocycles. The van der Waals surface area contributed by atoms with Gasteiger partial charge >= 0.3 is 0 Å². The van der Waals surface area contributed by atoms with Crippen LogP contribution in [0.4, 0.5) is 0 Å². The Kier molecular flexibility index (Phi) is 5.19. The Labute approximate surface area is 111 Å². The second-order valence-corrected chi connectivity index (χ2v) is 5.64. The van der Waals surface area contributed by atoms with E-state index in [4.69, 9.17) is 4.74 Å². The van der Waals surface area contributed by atoms with Crippen molar-refractivity contribution >= 4 is 21.7 Å². The van der Waals surface area contributed by atoms with Crippen molar-refractivity contribution in [3.05, 3.63) is 29.3 Å². The van der Waals surface area contributed by atoms with Crippen LogP contribution in [0.25, 0.3) is 0 Å².